The minimum Gasteiger partial charge on any atom is -0.497 e. The van der Waals surface area contributed by atoms with Crippen LogP contribution in [0.25, 0.3) is 0 Å². The molecule has 0 bridgehead atoms. The number of piperidine rings is 1. The Morgan fingerprint density at radius 1 is 0.656 bits per heavy atom. The number of unbranched alkanes of at least 4 members (excludes halogenated alkanes) is 1. The van der Waals surface area contributed by atoms with Crippen molar-refractivity contribution < 1.29 is 71.1 Å². The predicted octanol–water partition coefficient (Wildman–Crippen LogP) is 3.43. The summed E-state index contributed by atoms with van der Waals surface area (Å²) in [4.78, 5) is 186. The topological polar surface area (TPSA) is 288 Å². The van der Waals surface area contributed by atoms with Crippen LogP contribution in [0.5, 0.6) is 5.75 Å². The summed E-state index contributed by atoms with van der Waals surface area (Å²) in [5.74, 6) is -11.3. The highest BCUT2D eigenvalue weighted by molar-refractivity contribution is 6.01. The molecular formula is C69H104F2N12O13. The van der Waals surface area contributed by atoms with Gasteiger partial charge in [0.15, 0.2) is 0 Å². The van der Waals surface area contributed by atoms with E-state index in [1.165, 1.54) is 89.8 Å². The Kier molecular flexibility index (Phi) is 28.7. The van der Waals surface area contributed by atoms with Gasteiger partial charge >= 0.3 is 0 Å². The molecule has 1 unspecified atom stereocenters. The van der Waals surface area contributed by atoms with Crippen LogP contribution in [0.1, 0.15) is 144 Å². The molecule has 3 fully saturated rings. The molecule has 3 aliphatic heterocycles. The van der Waals surface area contributed by atoms with Crippen LogP contribution >= 0.6 is 0 Å². The number of carbonyl (C=O) groups is 12. The van der Waals surface area contributed by atoms with Crippen LogP contribution in [0.3, 0.4) is 0 Å². The van der Waals surface area contributed by atoms with E-state index in [1.807, 2.05) is 27.7 Å². The maximum atomic E-state index is 15.5. The van der Waals surface area contributed by atoms with Crippen molar-refractivity contribution in [3.05, 3.63) is 65.2 Å². The molecule has 0 aliphatic carbocycles. The van der Waals surface area contributed by atoms with E-state index in [0.29, 0.717) is 56.5 Å². The zero-order chi connectivity index (χ0) is 71.8. The van der Waals surface area contributed by atoms with Crippen LogP contribution in [0.15, 0.2) is 42.5 Å². The van der Waals surface area contributed by atoms with Crippen molar-refractivity contribution in [2.45, 2.75) is 206 Å². The normalized spacial score (nSPS) is 25.6. The third kappa shape index (κ3) is 19.3. The molecule has 0 aromatic heterocycles. The molecule has 12 amide bonds. The lowest BCUT2D eigenvalue weighted by Gasteiger charge is -2.45. The van der Waals surface area contributed by atoms with Gasteiger partial charge in [-0.2, -0.15) is 0 Å². The third-order valence-corrected chi connectivity index (χ3v) is 19.4. The van der Waals surface area contributed by atoms with Gasteiger partial charge in [0.1, 0.15) is 77.3 Å². The summed E-state index contributed by atoms with van der Waals surface area (Å²) in [7, 11) is 9.62. The lowest BCUT2D eigenvalue weighted by Crippen LogP contribution is -2.65. The molecular weight excluding hydrogens is 1240 g/mol. The fraction of sp³-hybridized carbons (Fsp3) is 0.652. The second-order valence-electron chi connectivity index (χ2n) is 26.9. The largest absolute Gasteiger partial charge is 0.497 e. The summed E-state index contributed by atoms with van der Waals surface area (Å²) in [5, 5.41) is 10.9. The monoisotopic (exact) mass is 1350 g/mol. The number of fused-ring (bicyclic) bond motifs is 1. The number of ether oxygens (including phenoxy) is 1. The number of carbonyl (C=O) groups excluding carboxylic acids is 12. The van der Waals surface area contributed by atoms with Crippen molar-refractivity contribution in [1.82, 2.24) is 60.5 Å². The smallest absolute Gasteiger partial charge is 0.246 e. The third-order valence-electron chi connectivity index (χ3n) is 19.4. The van der Waals surface area contributed by atoms with Crippen LogP contribution in [-0.2, 0) is 70.4 Å². The predicted molar refractivity (Wildman–Crippen MR) is 355 cm³/mol. The zero-order valence-electron chi connectivity index (χ0n) is 59.1. The Labute approximate surface area is 564 Å². The molecule has 5 rings (SSSR count). The van der Waals surface area contributed by atoms with Gasteiger partial charge in [0.25, 0.3) is 0 Å². The Hall–Kier alpha value is -8.26. The maximum Gasteiger partial charge on any atom is 0.246 e. The minimum absolute atomic E-state index is 0.0126. The van der Waals surface area contributed by atoms with Crippen molar-refractivity contribution in [3.63, 3.8) is 0 Å². The molecule has 532 valence electrons. The lowest BCUT2D eigenvalue weighted by molar-refractivity contribution is -0.160. The first kappa shape index (κ1) is 78.4. The van der Waals surface area contributed by atoms with Gasteiger partial charge in [-0.15, -0.1) is 0 Å². The number of hydrogen-bond donors (Lipinski definition) is 4. The van der Waals surface area contributed by atoms with Crippen LogP contribution in [0.2, 0.25) is 0 Å². The van der Waals surface area contributed by atoms with Crippen LogP contribution in [0, 0.1) is 23.5 Å². The average molecular weight is 1350 g/mol. The van der Waals surface area contributed by atoms with Gasteiger partial charge in [0.05, 0.1) is 20.1 Å². The molecule has 0 saturated carbocycles. The number of amides is 12. The first-order valence-electron chi connectivity index (χ1n) is 33.6. The van der Waals surface area contributed by atoms with Crippen molar-refractivity contribution in [2.24, 2.45) is 11.8 Å². The molecule has 0 radical (unpaired) electrons. The molecule has 27 heteroatoms. The average Bonchev–Trinajstić information content (AvgIpc) is 0.777. The first-order valence-corrected chi connectivity index (χ1v) is 33.6. The highest BCUT2D eigenvalue weighted by Crippen LogP contribution is 2.27. The molecule has 3 aliphatic rings. The SMILES string of the molecule is CCCC[C@@H]1NC(=O)[C@H](Cc2c(F)cccc2F)NC(=O)CN(C)C(=O)[C@H](Cc2ccc(OC)cc2)N(C)C(=O)C2CCN2C(=O)[C@H](C)N(C)C(=O)[C@H]([C@@H](C)CC)NC(=O)[C@H](CC)N(C)C(=O)C[C@@H](C(=O)N2CCCCC2)N(C)C(=O)[C@H](CC(C)C)NC(=O)C(C)(C)N(C)C1=O. The van der Waals surface area contributed by atoms with E-state index in [4.69, 9.17) is 4.74 Å². The standard InChI is InChI=1S/C69H104F2N12O13/c1-17-20-27-49-63(90)81(15)69(8,9)68(95)74-51(36-41(4)5)62(89)79(13)55(66(93)82-33-22-21-23-34-82)39-57(85)78(12)52(19-3)60(87)75-58(42(6)18-2)67(94)77(11)43(7)61(88)83-35-32-53(83)65(92)80(14)54(37-44-28-30-45(96-16)31-29-44)64(91)76(10)40-56(84)72-50(59(86)73-49)38-46-47(70)25-24-26-48(46)71/h24-26,28-31,41-43,49-55,58H,17-23,27,32-40H2,1-16H3,(H,72,84)(H,73,86)(H,74,95)(H,75,87)/t42-,43-,49-,50-,51-,52-,53?,54-,55-,58-/m0/s1. The molecule has 2 aromatic carbocycles. The van der Waals surface area contributed by atoms with E-state index < -0.39 is 173 Å². The number of halogens is 2. The van der Waals surface area contributed by atoms with E-state index in [1.54, 1.807) is 43.0 Å². The number of hydrogen-bond acceptors (Lipinski definition) is 13. The second kappa shape index (κ2) is 35.1. The summed E-state index contributed by atoms with van der Waals surface area (Å²) >= 11 is 0. The number of methoxy groups -OCH3 is 1. The molecule has 3 heterocycles. The van der Waals surface area contributed by atoms with Crippen molar-refractivity contribution in [1.29, 1.82) is 0 Å². The number of likely N-dealkylation sites (N-methyl/N-ethyl adjacent to an activating group) is 6. The molecule has 0 spiro atoms. The van der Waals surface area contributed by atoms with E-state index in [0.717, 1.165) is 39.3 Å². The maximum absolute atomic E-state index is 15.5. The second-order valence-corrected chi connectivity index (χ2v) is 26.9. The molecule has 2 aromatic rings. The van der Waals surface area contributed by atoms with Crippen LogP contribution < -0.4 is 26.0 Å². The van der Waals surface area contributed by atoms with Gasteiger partial charge in [-0.25, -0.2) is 8.78 Å². The summed E-state index contributed by atoms with van der Waals surface area (Å²) in [6.45, 7) is 15.1. The van der Waals surface area contributed by atoms with E-state index >= 15 is 13.6 Å². The Bertz CT molecular complexity index is 3110. The fourth-order valence-corrected chi connectivity index (χ4v) is 12.2. The molecule has 10 atom stereocenters. The summed E-state index contributed by atoms with van der Waals surface area (Å²) in [6.07, 6.45) is 2.24. The van der Waals surface area contributed by atoms with E-state index in [9.17, 15) is 52.7 Å². The number of nitrogens with one attached hydrogen (secondary N) is 4. The van der Waals surface area contributed by atoms with Crippen LogP contribution in [0.4, 0.5) is 8.78 Å². The van der Waals surface area contributed by atoms with Gasteiger partial charge in [0.2, 0.25) is 70.9 Å². The Morgan fingerprint density at radius 3 is 1.83 bits per heavy atom. The van der Waals surface area contributed by atoms with Crippen molar-refractivity contribution >= 4 is 70.9 Å². The highest BCUT2D eigenvalue weighted by Gasteiger charge is 2.47. The Balaban J connectivity index is 1.63. The molecule has 25 nitrogen and oxygen atoms in total. The number of likely N-dealkylation sites (tertiary alicyclic amines) is 1. The Morgan fingerprint density at radius 2 is 1.28 bits per heavy atom. The lowest BCUT2D eigenvalue weighted by atomic mass is 9.95. The number of nitrogens with zero attached hydrogens (tertiary/aromatic N) is 8. The van der Waals surface area contributed by atoms with Gasteiger partial charge in [0, 0.05) is 80.3 Å². The van der Waals surface area contributed by atoms with Crippen molar-refractivity contribution in [2.75, 3.05) is 75.6 Å². The minimum atomic E-state index is -1.79. The van der Waals surface area contributed by atoms with E-state index in [2.05, 4.69) is 21.3 Å². The molecule has 4 N–H and O–H groups in total. The van der Waals surface area contributed by atoms with Crippen molar-refractivity contribution in [3.8, 4) is 5.75 Å². The highest BCUT2D eigenvalue weighted by atomic mass is 19.1. The number of benzene rings is 2. The van der Waals surface area contributed by atoms with Gasteiger partial charge in [-0.3, -0.25) is 57.5 Å². The quantitative estimate of drug-likeness (QED) is 0.211. The zero-order valence-corrected chi connectivity index (χ0v) is 59.1. The number of rotatable bonds is 14. The van der Waals surface area contributed by atoms with E-state index in [-0.39, 0.29) is 44.6 Å². The van der Waals surface area contributed by atoms with Crippen LogP contribution in [-0.4, -0.2) is 246 Å². The summed E-state index contributed by atoms with van der Waals surface area (Å²) < 4.78 is 36.4. The van der Waals surface area contributed by atoms with Gasteiger partial charge in [-0.1, -0.05) is 79.0 Å². The fourth-order valence-electron chi connectivity index (χ4n) is 12.2. The summed E-state index contributed by atoms with van der Waals surface area (Å²) in [6, 6.07) is -2.30. The molecule has 3 saturated heterocycles. The summed E-state index contributed by atoms with van der Waals surface area (Å²) in [5.41, 5.74) is -1.80. The van der Waals surface area contributed by atoms with Gasteiger partial charge < -0.3 is 65.2 Å². The molecule has 96 heavy (non-hydrogen) atoms. The van der Waals surface area contributed by atoms with Gasteiger partial charge in [-0.05, 0) is 107 Å². The first-order chi connectivity index (χ1) is 45.2.